The molecule has 0 bridgehead atoms. The summed E-state index contributed by atoms with van der Waals surface area (Å²) in [6.07, 6.45) is 5.86. The van der Waals surface area contributed by atoms with Gasteiger partial charge in [0.05, 0.1) is 12.2 Å². The van der Waals surface area contributed by atoms with Crippen LogP contribution in [0.15, 0.2) is 78.2 Å². The first-order valence-corrected chi connectivity index (χ1v) is 10.3. The zero-order valence-electron chi connectivity index (χ0n) is 17.4. The SMILES string of the molecule is Cc1ccc(NC(=O)N2N=CCC2c2ccccc2)cc1C#Cc1cnc2cccnn12. The quantitative estimate of drug-likeness (QED) is 0.489. The van der Waals surface area contributed by atoms with Crippen molar-refractivity contribution in [3.05, 3.63) is 95.4 Å². The first-order valence-electron chi connectivity index (χ1n) is 10.3. The summed E-state index contributed by atoms with van der Waals surface area (Å²) in [5.74, 6) is 6.31. The van der Waals surface area contributed by atoms with Crippen LogP contribution in [0.4, 0.5) is 10.5 Å². The lowest BCUT2D eigenvalue weighted by Gasteiger charge is -2.22. The predicted octanol–water partition coefficient (Wildman–Crippen LogP) is 4.40. The van der Waals surface area contributed by atoms with Gasteiger partial charge in [-0.25, -0.2) is 19.3 Å². The Hall–Kier alpha value is -4.44. The second-order valence-corrected chi connectivity index (χ2v) is 7.45. The summed E-state index contributed by atoms with van der Waals surface area (Å²) in [7, 11) is 0. The third kappa shape index (κ3) is 3.82. The number of urea groups is 1. The number of aryl methyl sites for hydroxylation is 1. The highest BCUT2D eigenvalue weighted by Crippen LogP contribution is 2.28. The molecule has 4 aromatic rings. The van der Waals surface area contributed by atoms with Crippen molar-refractivity contribution in [3.8, 4) is 11.8 Å². The van der Waals surface area contributed by atoms with E-state index in [0.717, 1.165) is 22.3 Å². The van der Waals surface area contributed by atoms with Gasteiger partial charge in [0.25, 0.3) is 0 Å². The van der Waals surface area contributed by atoms with E-state index in [4.69, 9.17) is 0 Å². The van der Waals surface area contributed by atoms with E-state index in [2.05, 4.69) is 32.3 Å². The summed E-state index contributed by atoms with van der Waals surface area (Å²) in [6.45, 7) is 1.98. The first kappa shape index (κ1) is 19.5. The van der Waals surface area contributed by atoms with Crippen LogP contribution in [0.5, 0.6) is 0 Å². The number of hydrogen-bond donors (Lipinski definition) is 1. The number of nitrogens with one attached hydrogen (secondary N) is 1. The third-order valence-electron chi connectivity index (χ3n) is 5.31. The summed E-state index contributed by atoms with van der Waals surface area (Å²) in [4.78, 5) is 17.2. The molecule has 1 N–H and O–H groups in total. The molecular weight excluding hydrogens is 400 g/mol. The van der Waals surface area contributed by atoms with Crippen LogP contribution in [0.1, 0.15) is 34.8 Å². The van der Waals surface area contributed by atoms with E-state index < -0.39 is 0 Å². The highest BCUT2D eigenvalue weighted by atomic mass is 16.2. The Bertz CT molecular complexity index is 1380. The summed E-state index contributed by atoms with van der Waals surface area (Å²) in [5, 5.41) is 13.0. The number of hydrogen-bond acceptors (Lipinski definition) is 4. The molecule has 32 heavy (non-hydrogen) atoms. The van der Waals surface area contributed by atoms with Gasteiger partial charge >= 0.3 is 6.03 Å². The molecular formula is C25H20N6O. The van der Waals surface area contributed by atoms with E-state index in [1.165, 1.54) is 5.01 Å². The molecule has 7 heteroatoms. The maximum absolute atomic E-state index is 12.9. The Morgan fingerprint density at radius 3 is 2.84 bits per heavy atom. The average Bonchev–Trinajstić information content (AvgIpc) is 3.47. The molecule has 1 atom stereocenters. The van der Waals surface area contributed by atoms with Crippen molar-refractivity contribution in [2.24, 2.45) is 5.10 Å². The number of rotatable bonds is 2. The van der Waals surface area contributed by atoms with Crippen molar-refractivity contribution in [2.45, 2.75) is 19.4 Å². The number of nitrogens with zero attached hydrogens (tertiary/aromatic N) is 5. The number of aromatic nitrogens is 3. The zero-order chi connectivity index (χ0) is 21.9. The molecule has 1 aliphatic rings. The van der Waals surface area contributed by atoms with E-state index >= 15 is 0 Å². The number of benzene rings is 2. The van der Waals surface area contributed by atoms with E-state index in [1.807, 2.05) is 67.6 Å². The Labute approximate surface area is 185 Å². The van der Waals surface area contributed by atoms with E-state index in [1.54, 1.807) is 23.1 Å². The lowest BCUT2D eigenvalue weighted by Crippen LogP contribution is -2.31. The van der Waals surface area contributed by atoms with Crippen LogP contribution in [-0.4, -0.2) is 31.9 Å². The van der Waals surface area contributed by atoms with Crippen molar-refractivity contribution >= 4 is 23.6 Å². The van der Waals surface area contributed by atoms with Gasteiger partial charge in [-0.1, -0.05) is 42.3 Å². The highest BCUT2D eigenvalue weighted by Gasteiger charge is 2.28. The van der Waals surface area contributed by atoms with Crippen LogP contribution in [-0.2, 0) is 0 Å². The molecule has 0 radical (unpaired) electrons. The molecule has 2 aromatic carbocycles. The number of imidazole rings is 1. The van der Waals surface area contributed by atoms with E-state index in [0.29, 0.717) is 17.8 Å². The summed E-state index contributed by atoms with van der Waals surface area (Å²) in [6, 6.07) is 18.9. The third-order valence-corrected chi connectivity index (χ3v) is 5.31. The normalized spacial score (nSPS) is 14.9. The number of carbonyl (C=O) groups is 1. The second-order valence-electron chi connectivity index (χ2n) is 7.45. The monoisotopic (exact) mass is 420 g/mol. The maximum Gasteiger partial charge on any atom is 0.342 e. The Balaban J connectivity index is 1.36. The fraction of sp³-hybridized carbons (Fsp3) is 0.120. The van der Waals surface area contributed by atoms with Gasteiger partial charge in [0, 0.05) is 30.1 Å². The maximum atomic E-state index is 12.9. The molecule has 2 aromatic heterocycles. The molecule has 5 rings (SSSR count). The molecule has 2 amide bonds. The number of anilines is 1. The summed E-state index contributed by atoms with van der Waals surface area (Å²) in [5.41, 5.74) is 4.99. The van der Waals surface area contributed by atoms with Gasteiger partial charge in [-0.3, -0.25) is 0 Å². The van der Waals surface area contributed by atoms with Crippen molar-refractivity contribution in [3.63, 3.8) is 0 Å². The van der Waals surface area contributed by atoms with Crippen LogP contribution >= 0.6 is 0 Å². The predicted molar refractivity (Wildman–Crippen MR) is 123 cm³/mol. The minimum Gasteiger partial charge on any atom is -0.306 e. The standard InChI is InChI=1S/C25H20N6O/c1-18-9-11-21(16-20(18)10-12-22-17-26-24-8-5-14-27-30(22)24)29-25(32)31-23(13-15-28-31)19-6-3-2-4-7-19/h2-9,11,14-17,23H,13H2,1H3,(H,29,32). The molecule has 3 heterocycles. The van der Waals surface area contributed by atoms with Gasteiger partial charge in [-0.05, 0) is 48.2 Å². The number of fused-ring (bicyclic) bond motifs is 1. The van der Waals surface area contributed by atoms with Gasteiger partial charge < -0.3 is 5.32 Å². The molecule has 0 saturated carbocycles. The minimum absolute atomic E-state index is 0.108. The van der Waals surface area contributed by atoms with E-state index in [9.17, 15) is 4.79 Å². The smallest absolute Gasteiger partial charge is 0.306 e. The molecule has 1 unspecified atom stereocenters. The Morgan fingerprint density at radius 1 is 1.09 bits per heavy atom. The van der Waals surface area contributed by atoms with Crippen molar-refractivity contribution in [1.29, 1.82) is 0 Å². The van der Waals surface area contributed by atoms with Crippen molar-refractivity contribution < 1.29 is 4.79 Å². The van der Waals surface area contributed by atoms with Crippen LogP contribution in [0.3, 0.4) is 0 Å². The molecule has 0 saturated heterocycles. The lowest BCUT2D eigenvalue weighted by molar-refractivity contribution is 0.200. The number of carbonyl (C=O) groups excluding carboxylic acids is 1. The summed E-state index contributed by atoms with van der Waals surface area (Å²) >= 11 is 0. The largest absolute Gasteiger partial charge is 0.342 e. The molecule has 7 nitrogen and oxygen atoms in total. The zero-order valence-corrected chi connectivity index (χ0v) is 17.4. The van der Waals surface area contributed by atoms with Gasteiger partial charge in [0.1, 0.15) is 5.69 Å². The Kier molecular flexibility index (Phi) is 5.10. The van der Waals surface area contributed by atoms with Crippen LogP contribution < -0.4 is 5.32 Å². The van der Waals surface area contributed by atoms with Gasteiger partial charge in [0.15, 0.2) is 5.65 Å². The molecule has 0 fully saturated rings. The molecule has 1 aliphatic heterocycles. The van der Waals surface area contributed by atoms with Crippen molar-refractivity contribution in [2.75, 3.05) is 5.32 Å². The fourth-order valence-corrected chi connectivity index (χ4v) is 3.62. The van der Waals surface area contributed by atoms with Crippen LogP contribution in [0, 0.1) is 18.8 Å². The minimum atomic E-state index is -0.277. The van der Waals surface area contributed by atoms with Gasteiger partial charge in [-0.15, -0.1) is 0 Å². The fourth-order valence-electron chi connectivity index (χ4n) is 3.62. The second kappa shape index (κ2) is 8.36. The topological polar surface area (TPSA) is 74.9 Å². The van der Waals surface area contributed by atoms with Gasteiger partial charge in [-0.2, -0.15) is 10.2 Å². The highest BCUT2D eigenvalue weighted by molar-refractivity contribution is 5.91. The van der Waals surface area contributed by atoms with Crippen LogP contribution in [0.2, 0.25) is 0 Å². The summed E-state index contributed by atoms with van der Waals surface area (Å²) < 4.78 is 1.70. The Morgan fingerprint density at radius 2 is 1.97 bits per heavy atom. The lowest BCUT2D eigenvalue weighted by atomic mass is 10.1. The first-order chi connectivity index (χ1) is 15.7. The van der Waals surface area contributed by atoms with Crippen LogP contribution in [0.25, 0.3) is 5.65 Å². The van der Waals surface area contributed by atoms with Crippen molar-refractivity contribution in [1.82, 2.24) is 19.6 Å². The van der Waals surface area contributed by atoms with Gasteiger partial charge in [0.2, 0.25) is 0 Å². The van der Waals surface area contributed by atoms with E-state index in [-0.39, 0.29) is 12.1 Å². The molecule has 0 aliphatic carbocycles. The molecule has 0 spiro atoms. The number of amides is 2. The number of hydrazone groups is 1. The average molecular weight is 420 g/mol. The molecule has 156 valence electrons.